The maximum atomic E-state index is 12.8. The lowest BCUT2D eigenvalue weighted by Crippen LogP contribution is -2.37. The topological polar surface area (TPSA) is 81.6 Å². The highest BCUT2D eigenvalue weighted by molar-refractivity contribution is 7.14. The van der Waals surface area contributed by atoms with Gasteiger partial charge in [0.2, 0.25) is 0 Å². The average Bonchev–Trinajstić information content (AvgIpc) is 3.33. The number of carbonyl (C=O) groups is 2. The van der Waals surface area contributed by atoms with Gasteiger partial charge in [-0.15, -0.1) is 10.2 Å². The van der Waals surface area contributed by atoms with E-state index >= 15 is 0 Å². The van der Waals surface area contributed by atoms with Gasteiger partial charge in [0.15, 0.2) is 5.01 Å². The number of esters is 1. The van der Waals surface area contributed by atoms with Gasteiger partial charge in [0, 0.05) is 24.6 Å². The quantitative estimate of drug-likeness (QED) is 0.561. The lowest BCUT2D eigenvalue weighted by Gasteiger charge is -2.31. The summed E-state index contributed by atoms with van der Waals surface area (Å²) in [5.74, 6) is 0.627. The van der Waals surface area contributed by atoms with Crippen LogP contribution in [0.3, 0.4) is 0 Å². The van der Waals surface area contributed by atoms with Crippen molar-refractivity contribution in [1.29, 1.82) is 0 Å². The molecule has 1 saturated heterocycles. The van der Waals surface area contributed by atoms with E-state index in [2.05, 4.69) is 10.2 Å². The van der Waals surface area contributed by atoms with Gasteiger partial charge in [0.1, 0.15) is 10.8 Å². The summed E-state index contributed by atoms with van der Waals surface area (Å²) >= 11 is 1.59. The van der Waals surface area contributed by atoms with E-state index in [0.29, 0.717) is 24.2 Å². The molecule has 7 nitrogen and oxygen atoms in total. The zero-order valence-electron chi connectivity index (χ0n) is 17.4. The molecule has 0 radical (unpaired) electrons. The van der Waals surface area contributed by atoms with Crippen LogP contribution < -0.4 is 4.74 Å². The molecular formula is C23H23N3O4S. The molecule has 0 saturated carbocycles. The third-order valence-electron chi connectivity index (χ3n) is 5.46. The van der Waals surface area contributed by atoms with Gasteiger partial charge in [-0.2, -0.15) is 0 Å². The first-order chi connectivity index (χ1) is 15.1. The molecule has 1 fully saturated rings. The molecule has 3 aromatic rings. The number of hydrogen-bond donors (Lipinski definition) is 0. The molecule has 0 atom stereocenters. The number of likely N-dealkylation sites (tertiary alicyclic amines) is 1. The summed E-state index contributed by atoms with van der Waals surface area (Å²) in [6.45, 7) is 1.32. The Balaban J connectivity index is 1.39. The van der Waals surface area contributed by atoms with Gasteiger partial charge in [0.25, 0.3) is 5.91 Å². The van der Waals surface area contributed by atoms with Crippen molar-refractivity contribution in [3.05, 3.63) is 64.7 Å². The minimum Gasteiger partial charge on any atom is -0.496 e. The lowest BCUT2D eigenvalue weighted by molar-refractivity contribution is 0.0599. The van der Waals surface area contributed by atoms with E-state index in [1.54, 1.807) is 42.7 Å². The number of methoxy groups -OCH3 is 2. The summed E-state index contributed by atoms with van der Waals surface area (Å²) < 4.78 is 10.1. The van der Waals surface area contributed by atoms with Crippen molar-refractivity contribution < 1.29 is 19.1 Å². The van der Waals surface area contributed by atoms with E-state index in [4.69, 9.17) is 9.47 Å². The summed E-state index contributed by atoms with van der Waals surface area (Å²) in [7, 11) is 2.99. The molecule has 4 rings (SSSR count). The molecule has 160 valence electrons. The Labute approximate surface area is 184 Å². The van der Waals surface area contributed by atoms with Crippen molar-refractivity contribution in [1.82, 2.24) is 15.1 Å². The van der Waals surface area contributed by atoms with Crippen molar-refractivity contribution in [2.24, 2.45) is 0 Å². The van der Waals surface area contributed by atoms with Gasteiger partial charge in [-0.3, -0.25) is 4.79 Å². The molecule has 0 unspecified atom stereocenters. The fourth-order valence-corrected chi connectivity index (χ4v) is 4.75. The molecule has 8 heteroatoms. The standard InChI is InChI=1S/C23H23N3O4S/c1-29-19-6-4-3-5-18(19)21-25-24-20(31-21)15-11-13-26(14-12-15)22(27)16-7-9-17(10-8-16)23(28)30-2/h3-10,15H,11-14H2,1-2H3. The van der Waals surface area contributed by atoms with Crippen LogP contribution in [0.4, 0.5) is 0 Å². The zero-order chi connectivity index (χ0) is 21.8. The Morgan fingerprint density at radius 3 is 2.32 bits per heavy atom. The van der Waals surface area contributed by atoms with Crippen LogP contribution in [0.25, 0.3) is 10.6 Å². The normalized spacial score (nSPS) is 14.3. The molecule has 0 aliphatic carbocycles. The van der Waals surface area contributed by atoms with E-state index in [-0.39, 0.29) is 11.8 Å². The third-order valence-corrected chi connectivity index (χ3v) is 6.58. The molecule has 1 amide bonds. The molecule has 0 N–H and O–H groups in total. The number of amides is 1. The number of rotatable bonds is 5. The second-order valence-corrected chi connectivity index (χ2v) is 8.29. The predicted molar refractivity (Wildman–Crippen MR) is 118 cm³/mol. The number of piperidine rings is 1. The maximum Gasteiger partial charge on any atom is 0.337 e. The summed E-state index contributed by atoms with van der Waals surface area (Å²) in [4.78, 5) is 26.2. The molecule has 1 aliphatic heterocycles. The van der Waals surface area contributed by atoms with Crippen molar-refractivity contribution in [2.45, 2.75) is 18.8 Å². The van der Waals surface area contributed by atoms with Gasteiger partial charge in [0.05, 0.1) is 25.3 Å². The monoisotopic (exact) mass is 437 g/mol. The van der Waals surface area contributed by atoms with Crippen LogP contribution in [0.15, 0.2) is 48.5 Å². The fourth-order valence-electron chi connectivity index (χ4n) is 3.71. The van der Waals surface area contributed by atoms with Gasteiger partial charge >= 0.3 is 5.97 Å². The number of benzene rings is 2. The first kappa shape index (κ1) is 21.0. The number of hydrogen-bond acceptors (Lipinski definition) is 7. The fraction of sp³-hybridized carbons (Fsp3) is 0.304. The summed E-state index contributed by atoms with van der Waals surface area (Å²) in [6.07, 6.45) is 1.68. The Bertz CT molecular complexity index is 1070. The number of ether oxygens (including phenoxy) is 2. The first-order valence-electron chi connectivity index (χ1n) is 10.0. The van der Waals surface area contributed by atoms with Crippen LogP contribution in [0.2, 0.25) is 0 Å². The number of carbonyl (C=O) groups excluding carboxylic acids is 2. The highest BCUT2D eigenvalue weighted by Crippen LogP contribution is 2.36. The van der Waals surface area contributed by atoms with Crippen LogP contribution in [0.5, 0.6) is 5.75 Å². The molecule has 0 spiro atoms. The first-order valence-corrected chi connectivity index (χ1v) is 10.9. The third kappa shape index (κ3) is 4.44. The Morgan fingerprint density at radius 1 is 0.968 bits per heavy atom. The van der Waals surface area contributed by atoms with Crippen molar-refractivity contribution in [2.75, 3.05) is 27.3 Å². The lowest BCUT2D eigenvalue weighted by atomic mass is 9.97. The second kappa shape index (κ2) is 9.26. The highest BCUT2D eigenvalue weighted by Gasteiger charge is 2.27. The van der Waals surface area contributed by atoms with Crippen molar-refractivity contribution in [3.8, 4) is 16.3 Å². The molecule has 1 aromatic heterocycles. The van der Waals surface area contributed by atoms with E-state index < -0.39 is 5.97 Å². The molecule has 1 aliphatic rings. The minimum atomic E-state index is -0.413. The van der Waals surface area contributed by atoms with Crippen LogP contribution >= 0.6 is 11.3 Å². The summed E-state index contributed by atoms with van der Waals surface area (Å²) in [5.41, 5.74) is 1.94. The van der Waals surface area contributed by atoms with Crippen LogP contribution in [0, 0.1) is 0 Å². The van der Waals surface area contributed by atoms with Gasteiger partial charge in [-0.25, -0.2) is 4.79 Å². The predicted octanol–water partition coefficient (Wildman–Crippen LogP) is 4.02. The Morgan fingerprint density at radius 2 is 1.65 bits per heavy atom. The van der Waals surface area contributed by atoms with Gasteiger partial charge in [-0.05, 0) is 49.2 Å². The second-order valence-electron chi connectivity index (χ2n) is 7.28. The molecule has 31 heavy (non-hydrogen) atoms. The van der Waals surface area contributed by atoms with Crippen molar-refractivity contribution >= 4 is 23.2 Å². The van der Waals surface area contributed by atoms with E-state index in [0.717, 1.165) is 34.2 Å². The maximum absolute atomic E-state index is 12.8. The molecule has 0 bridgehead atoms. The Kier molecular flexibility index (Phi) is 6.27. The summed E-state index contributed by atoms with van der Waals surface area (Å²) in [5, 5.41) is 10.6. The van der Waals surface area contributed by atoms with Crippen LogP contribution in [-0.2, 0) is 4.74 Å². The van der Waals surface area contributed by atoms with Crippen LogP contribution in [-0.4, -0.2) is 54.3 Å². The minimum absolute atomic E-state index is 0.0261. The van der Waals surface area contributed by atoms with E-state index in [1.807, 2.05) is 29.2 Å². The van der Waals surface area contributed by atoms with Gasteiger partial charge < -0.3 is 14.4 Å². The molecule has 2 aromatic carbocycles. The average molecular weight is 438 g/mol. The summed E-state index contributed by atoms with van der Waals surface area (Å²) in [6, 6.07) is 14.4. The largest absolute Gasteiger partial charge is 0.496 e. The van der Waals surface area contributed by atoms with E-state index in [9.17, 15) is 9.59 Å². The number of aromatic nitrogens is 2. The van der Waals surface area contributed by atoms with E-state index in [1.165, 1.54) is 7.11 Å². The van der Waals surface area contributed by atoms with Crippen molar-refractivity contribution in [3.63, 3.8) is 0 Å². The smallest absolute Gasteiger partial charge is 0.337 e. The SMILES string of the molecule is COC(=O)c1ccc(C(=O)N2CCC(c3nnc(-c4ccccc4OC)s3)CC2)cc1. The van der Waals surface area contributed by atoms with Gasteiger partial charge in [-0.1, -0.05) is 23.5 Å². The highest BCUT2D eigenvalue weighted by atomic mass is 32.1. The molecule has 2 heterocycles. The molecular weight excluding hydrogens is 414 g/mol. The zero-order valence-corrected chi connectivity index (χ0v) is 18.2. The number of nitrogens with zero attached hydrogens (tertiary/aromatic N) is 3. The number of para-hydroxylation sites is 1. The Hall–Kier alpha value is -3.26. The van der Waals surface area contributed by atoms with Crippen LogP contribution in [0.1, 0.15) is 44.5 Å².